The predicted molar refractivity (Wildman–Crippen MR) is 101 cm³/mol. The van der Waals surface area contributed by atoms with Gasteiger partial charge in [-0.1, -0.05) is 30.3 Å². The average molecular weight is 342 g/mol. The minimum Gasteiger partial charge on any atom is -0.466 e. The highest BCUT2D eigenvalue weighted by Crippen LogP contribution is 2.40. The van der Waals surface area contributed by atoms with Gasteiger partial charge in [-0.2, -0.15) is 0 Å². The third-order valence-corrected chi connectivity index (χ3v) is 4.98. The van der Waals surface area contributed by atoms with E-state index in [9.17, 15) is 4.79 Å². The van der Waals surface area contributed by atoms with Gasteiger partial charge in [0.05, 0.1) is 18.3 Å². The summed E-state index contributed by atoms with van der Waals surface area (Å²) in [4.78, 5) is 11.9. The van der Waals surface area contributed by atoms with Gasteiger partial charge in [0, 0.05) is 5.57 Å². The summed E-state index contributed by atoms with van der Waals surface area (Å²) in [6, 6.07) is 9.90. The van der Waals surface area contributed by atoms with Gasteiger partial charge in [0.2, 0.25) is 0 Å². The Morgan fingerprint density at radius 2 is 1.56 bits per heavy atom. The molecule has 134 valence electrons. The smallest absolute Gasteiger partial charge is 0.466 e. The molecule has 0 aromatic heterocycles. The second-order valence-electron chi connectivity index (χ2n) is 7.37. The lowest BCUT2D eigenvalue weighted by Gasteiger charge is -2.32. The summed E-state index contributed by atoms with van der Waals surface area (Å²) in [5.74, 6) is -0.352. The van der Waals surface area contributed by atoms with Gasteiger partial charge < -0.3 is 14.0 Å². The number of hydrogen-bond acceptors (Lipinski definition) is 4. The minimum atomic E-state index is -0.470. The van der Waals surface area contributed by atoms with E-state index in [2.05, 4.69) is 0 Å². The van der Waals surface area contributed by atoms with E-state index in [1.54, 1.807) is 6.92 Å². The molecule has 4 nitrogen and oxygen atoms in total. The Labute approximate surface area is 151 Å². The van der Waals surface area contributed by atoms with Crippen molar-refractivity contribution in [1.82, 2.24) is 0 Å². The van der Waals surface area contributed by atoms with Crippen LogP contribution in [0.1, 0.15) is 47.1 Å². The molecule has 0 spiro atoms. The van der Waals surface area contributed by atoms with E-state index < -0.39 is 18.3 Å². The van der Waals surface area contributed by atoms with Crippen LogP contribution in [0.3, 0.4) is 0 Å². The first kappa shape index (κ1) is 19.5. The molecule has 1 heterocycles. The topological polar surface area (TPSA) is 44.8 Å². The molecule has 1 aliphatic rings. The van der Waals surface area contributed by atoms with Crippen LogP contribution in [0, 0.1) is 0 Å². The van der Waals surface area contributed by atoms with Gasteiger partial charge in [0.1, 0.15) is 0 Å². The fourth-order valence-corrected chi connectivity index (χ4v) is 2.63. The molecule has 0 amide bonds. The van der Waals surface area contributed by atoms with Gasteiger partial charge in [-0.3, -0.25) is 0 Å². The van der Waals surface area contributed by atoms with Crippen LogP contribution in [0.25, 0.3) is 5.57 Å². The summed E-state index contributed by atoms with van der Waals surface area (Å²) < 4.78 is 17.2. The van der Waals surface area contributed by atoms with Crippen LogP contribution in [0.4, 0.5) is 0 Å². The largest absolute Gasteiger partial charge is 0.490 e. The third-order valence-electron chi connectivity index (χ3n) is 4.98. The standard InChI is InChI=1S/C20H27BO4/c1-14(18(22)23-7)13-17(16-11-9-8-10-12-16)15(2)21-24-19(3,4)20(5,6)25-21/h8-13H,1-7H3/b14-13-,17-15+. The van der Waals surface area contributed by atoms with E-state index >= 15 is 0 Å². The van der Waals surface area contributed by atoms with Gasteiger partial charge in [-0.05, 0) is 64.2 Å². The minimum absolute atomic E-state index is 0.352. The first-order chi connectivity index (χ1) is 11.6. The van der Waals surface area contributed by atoms with Crippen LogP contribution in [0.2, 0.25) is 0 Å². The number of carbonyl (C=O) groups excluding carboxylic acids is 1. The zero-order chi connectivity index (χ0) is 18.8. The summed E-state index contributed by atoms with van der Waals surface area (Å²) in [5, 5.41) is 0. The van der Waals surface area contributed by atoms with Gasteiger partial charge >= 0.3 is 13.1 Å². The highest BCUT2D eigenvalue weighted by atomic mass is 16.7. The lowest BCUT2D eigenvalue weighted by Crippen LogP contribution is -2.41. The number of esters is 1. The zero-order valence-electron chi connectivity index (χ0n) is 16.2. The molecule has 1 aromatic carbocycles. The molecule has 0 unspecified atom stereocenters. The van der Waals surface area contributed by atoms with Crippen LogP contribution in [0.15, 0.2) is 47.5 Å². The molecule has 1 fully saturated rings. The maximum Gasteiger partial charge on any atom is 0.490 e. The quantitative estimate of drug-likeness (QED) is 0.356. The second-order valence-corrected chi connectivity index (χ2v) is 7.37. The number of methoxy groups -OCH3 is 1. The summed E-state index contributed by atoms with van der Waals surface area (Å²) in [7, 11) is 0.911. The number of benzene rings is 1. The second kappa shape index (κ2) is 7.18. The van der Waals surface area contributed by atoms with E-state index in [0.717, 1.165) is 16.6 Å². The van der Waals surface area contributed by atoms with E-state index in [1.807, 2.05) is 71.0 Å². The number of hydrogen-bond donors (Lipinski definition) is 0. The van der Waals surface area contributed by atoms with Gasteiger partial charge in [0.15, 0.2) is 0 Å². The lowest BCUT2D eigenvalue weighted by molar-refractivity contribution is -0.136. The Balaban J connectivity index is 2.51. The van der Waals surface area contributed by atoms with E-state index in [4.69, 9.17) is 14.0 Å². The molecule has 0 saturated carbocycles. The summed E-state index contributed by atoms with van der Waals surface area (Å²) in [6.07, 6.45) is 1.83. The van der Waals surface area contributed by atoms with Crippen molar-refractivity contribution >= 4 is 18.7 Å². The van der Waals surface area contributed by atoms with E-state index in [-0.39, 0.29) is 5.97 Å². The highest BCUT2D eigenvalue weighted by molar-refractivity contribution is 6.56. The molecule has 0 N–H and O–H groups in total. The molecule has 2 rings (SSSR count). The van der Waals surface area contributed by atoms with Crippen LogP contribution < -0.4 is 0 Å². The van der Waals surface area contributed by atoms with Crippen LogP contribution >= 0.6 is 0 Å². The summed E-state index contributed by atoms with van der Waals surface area (Å²) in [6.45, 7) is 11.8. The molecular weight excluding hydrogens is 315 g/mol. The SMILES string of the molecule is COC(=O)/C(C)=C\C(=C(\C)B1OC(C)(C)C(C)(C)O1)c1ccccc1. The first-order valence-electron chi connectivity index (χ1n) is 8.47. The van der Waals surface area contributed by atoms with Gasteiger partial charge in [0.25, 0.3) is 0 Å². The number of carbonyl (C=O) groups is 1. The van der Waals surface area contributed by atoms with Crippen molar-refractivity contribution in [3.05, 3.63) is 53.0 Å². The highest BCUT2D eigenvalue weighted by Gasteiger charge is 2.52. The molecule has 0 atom stereocenters. The fraction of sp³-hybridized carbons (Fsp3) is 0.450. The normalized spacial score (nSPS) is 20.3. The molecule has 0 bridgehead atoms. The number of rotatable bonds is 4. The summed E-state index contributed by atoms with van der Waals surface area (Å²) >= 11 is 0. The van der Waals surface area contributed by atoms with Gasteiger partial charge in [-0.25, -0.2) is 4.79 Å². The zero-order valence-corrected chi connectivity index (χ0v) is 16.2. The van der Waals surface area contributed by atoms with Crippen molar-refractivity contribution < 1.29 is 18.8 Å². The number of ether oxygens (including phenoxy) is 1. The Kier molecular flexibility index (Phi) is 5.60. The van der Waals surface area contributed by atoms with Crippen LogP contribution in [0.5, 0.6) is 0 Å². The summed E-state index contributed by atoms with van der Waals surface area (Å²) in [5.41, 5.74) is 2.52. The van der Waals surface area contributed by atoms with Crippen molar-refractivity contribution in [2.24, 2.45) is 0 Å². The Hall–Kier alpha value is -1.85. The molecule has 0 radical (unpaired) electrons. The third kappa shape index (κ3) is 4.05. The van der Waals surface area contributed by atoms with E-state index in [0.29, 0.717) is 5.57 Å². The van der Waals surface area contributed by atoms with Crippen molar-refractivity contribution in [2.75, 3.05) is 7.11 Å². The van der Waals surface area contributed by atoms with E-state index in [1.165, 1.54) is 7.11 Å². The molecule has 25 heavy (non-hydrogen) atoms. The van der Waals surface area contributed by atoms with Crippen molar-refractivity contribution in [1.29, 1.82) is 0 Å². The Morgan fingerprint density at radius 3 is 2.04 bits per heavy atom. The van der Waals surface area contributed by atoms with Crippen molar-refractivity contribution in [3.8, 4) is 0 Å². The van der Waals surface area contributed by atoms with Gasteiger partial charge in [-0.15, -0.1) is 0 Å². The average Bonchev–Trinajstić information content (AvgIpc) is 2.79. The Bertz CT molecular complexity index is 686. The molecule has 1 saturated heterocycles. The molecule has 0 aliphatic carbocycles. The van der Waals surface area contributed by atoms with Crippen molar-refractivity contribution in [3.63, 3.8) is 0 Å². The first-order valence-corrected chi connectivity index (χ1v) is 8.47. The lowest BCUT2D eigenvalue weighted by atomic mass is 9.74. The van der Waals surface area contributed by atoms with Crippen LogP contribution in [-0.2, 0) is 18.8 Å². The molecule has 5 heteroatoms. The molecule has 1 aromatic rings. The maximum atomic E-state index is 11.9. The molecule has 1 aliphatic heterocycles. The maximum absolute atomic E-state index is 11.9. The molecular formula is C20H27BO4. The fourth-order valence-electron chi connectivity index (χ4n) is 2.63. The van der Waals surface area contributed by atoms with Crippen LogP contribution in [-0.4, -0.2) is 31.4 Å². The predicted octanol–water partition coefficient (Wildman–Crippen LogP) is 4.21. The van der Waals surface area contributed by atoms with Crippen molar-refractivity contribution in [2.45, 2.75) is 52.7 Å². The number of allylic oxidation sites excluding steroid dienone is 3. The Morgan fingerprint density at radius 1 is 1.04 bits per heavy atom. The monoisotopic (exact) mass is 342 g/mol.